The monoisotopic (exact) mass is 451 g/mol. The second-order valence-corrected chi connectivity index (χ2v) is 6.35. The van der Waals surface area contributed by atoms with Crippen LogP contribution in [0.4, 0.5) is 13.2 Å². The van der Waals surface area contributed by atoms with E-state index in [1.165, 1.54) is 0 Å². The van der Waals surface area contributed by atoms with Crippen LogP contribution in [0.3, 0.4) is 0 Å². The maximum atomic E-state index is 12.5. The summed E-state index contributed by atoms with van der Waals surface area (Å²) < 4.78 is 42.8. The second-order valence-electron chi connectivity index (χ2n) is 5.94. The van der Waals surface area contributed by atoms with Crippen LogP contribution in [0.25, 0.3) is 0 Å². The number of pyridine rings is 1. The van der Waals surface area contributed by atoms with E-state index in [0.29, 0.717) is 18.5 Å². The third-order valence-corrected chi connectivity index (χ3v) is 4.31. The summed E-state index contributed by atoms with van der Waals surface area (Å²) in [4.78, 5) is 15.3. The number of alkyl halides is 3. The Labute approximate surface area is 173 Å². The molecule has 0 radical (unpaired) electrons. The van der Waals surface area contributed by atoms with Gasteiger partial charge in [0.1, 0.15) is 11.6 Å². The predicted octanol–water partition coefficient (Wildman–Crippen LogP) is 3.87. The minimum Gasteiger partial charge on any atom is -0.475 e. The number of hydrogen-bond acceptors (Lipinski definition) is 4. The fourth-order valence-electron chi connectivity index (χ4n) is 2.62. The molecule has 27 heavy (non-hydrogen) atoms. The van der Waals surface area contributed by atoms with Crippen LogP contribution in [-0.4, -0.2) is 37.1 Å². The van der Waals surface area contributed by atoms with Crippen molar-refractivity contribution in [2.45, 2.75) is 31.9 Å². The van der Waals surface area contributed by atoms with Crippen LogP contribution < -0.4 is 15.4 Å². The van der Waals surface area contributed by atoms with Crippen molar-refractivity contribution < 1.29 is 22.7 Å². The zero-order valence-electron chi connectivity index (χ0n) is 14.5. The second kappa shape index (κ2) is 12.5. The molecule has 5 nitrogen and oxygen atoms in total. The van der Waals surface area contributed by atoms with Gasteiger partial charge in [-0.15, -0.1) is 24.8 Å². The van der Waals surface area contributed by atoms with E-state index in [1.807, 2.05) is 0 Å². The van der Waals surface area contributed by atoms with Crippen LogP contribution in [0.1, 0.15) is 31.2 Å². The number of nitrogens with zero attached hydrogens (tertiary/aromatic N) is 1. The fraction of sp³-hybridized carbons (Fsp3) is 0.625. The van der Waals surface area contributed by atoms with E-state index >= 15 is 0 Å². The highest BCUT2D eigenvalue weighted by Gasteiger charge is 2.31. The van der Waals surface area contributed by atoms with E-state index in [9.17, 15) is 18.0 Å². The number of halogens is 6. The van der Waals surface area contributed by atoms with Crippen LogP contribution in [-0.2, 0) is 11.0 Å². The van der Waals surface area contributed by atoms with Crippen molar-refractivity contribution in [3.63, 3.8) is 0 Å². The highest BCUT2D eigenvalue weighted by Crippen LogP contribution is 2.32. The molecule has 0 bridgehead atoms. The number of rotatable bonds is 7. The van der Waals surface area contributed by atoms with Gasteiger partial charge in [0.2, 0.25) is 11.8 Å². The van der Waals surface area contributed by atoms with E-state index in [0.717, 1.165) is 38.4 Å². The predicted molar refractivity (Wildman–Crippen MR) is 102 cm³/mol. The summed E-state index contributed by atoms with van der Waals surface area (Å²) in [6, 6.07) is 0.765. The molecule has 156 valence electrons. The smallest absolute Gasteiger partial charge is 0.417 e. The first-order valence-corrected chi connectivity index (χ1v) is 8.57. The van der Waals surface area contributed by atoms with Gasteiger partial charge in [-0.25, -0.2) is 4.98 Å². The molecule has 1 aromatic heterocycles. The quantitative estimate of drug-likeness (QED) is 0.617. The summed E-state index contributed by atoms with van der Waals surface area (Å²) >= 11 is 5.73. The molecule has 0 aliphatic carbocycles. The lowest BCUT2D eigenvalue weighted by atomic mass is 9.93. The van der Waals surface area contributed by atoms with Gasteiger partial charge in [-0.05, 0) is 44.3 Å². The minimum absolute atomic E-state index is 0. The molecule has 2 rings (SSSR count). The Morgan fingerprint density at radius 1 is 1.33 bits per heavy atom. The molecular weight excluding hydrogens is 430 g/mol. The molecule has 0 aromatic carbocycles. The molecule has 1 fully saturated rings. The van der Waals surface area contributed by atoms with Crippen LogP contribution in [0.15, 0.2) is 12.3 Å². The van der Waals surface area contributed by atoms with Gasteiger partial charge in [-0.1, -0.05) is 11.6 Å². The average molecular weight is 453 g/mol. The summed E-state index contributed by atoms with van der Waals surface area (Å²) in [6.45, 7) is 2.32. The lowest BCUT2D eigenvalue weighted by Gasteiger charge is -2.22. The number of carbonyl (C=O) groups is 1. The summed E-state index contributed by atoms with van der Waals surface area (Å²) in [6.07, 6.45) is -0.329. The SMILES string of the molecule is Cl.Cl.O=C(CCC1CCNCC1)NCCOc1ncc(C(F)(F)F)cc1Cl. The van der Waals surface area contributed by atoms with Gasteiger partial charge in [0.15, 0.2) is 0 Å². The van der Waals surface area contributed by atoms with Gasteiger partial charge in [-0.3, -0.25) is 4.79 Å². The van der Waals surface area contributed by atoms with E-state index in [2.05, 4.69) is 15.6 Å². The first-order chi connectivity index (χ1) is 11.9. The fourth-order valence-corrected chi connectivity index (χ4v) is 2.84. The summed E-state index contributed by atoms with van der Waals surface area (Å²) in [7, 11) is 0. The molecule has 1 aliphatic rings. The maximum Gasteiger partial charge on any atom is 0.417 e. The summed E-state index contributed by atoms with van der Waals surface area (Å²) in [5.41, 5.74) is -0.934. The molecule has 0 atom stereocenters. The number of ether oxygens (including phenoxy) is 1. The Bertz CT molecular complexity index is 586. The molecule has 2 N–H and O–H groups in total. The number of hydrogen-bond donors (Lipinski definition) is 2. The van der Waals surface area contributed by atoms with Crippen molar-refractivity contribution in [3.05, 3.63) is 22.8 Å². The lowest BCUT2D eigenvalue weighted by molar-refractivity contribution is -0.137. The van der Waals surface area contributed by atoms with Gasteiger partial charge in [0, 0.05) is 12.6 Å². The molecule has 0 unspecified atom stereocenters. The van der Waals surface area contributed by atoms with Crippen LogP contribution in [0.2, 0.25) is 5.02 Å². The van der Waals surface area contributed by atoms with E-state index < -0.39 is 11.7 Å². The Balaban J connectivity index is 0.00000338. The third kappa shape index (κ3) is 9.19. The van der Waals surface area contributed by atoms with Gasteiger partial charge < -0.3 is 15.4 Å². The van der Waals surface area contributed by atoms with E-state index in [1.54, 1.807) is 0 Å². The zero-order valence-corrected chi connectivity index (χ0v) is 16.9. The molecule has 1 aromatic rings. The molecule has 1 amide bonds. The third-order valence-electron chi connectivity index (χ3n) is 4.04. The van der Waals surface area contributed by atoms with Gasteiger partial charge >= 0.3 is 6.18 Å². The highest BCUT2D eigenvalue weighted by molar-refractivity contribution is 6.31. The Hall–Kier alpha value is -0.960. The molecule has 2 heterocycles. The normalized spacial score (nSPS) is 14.7. The lowest BCUT2D eigenvalue weighted by Crippen LogP contribution is -2.31. The van der Waals surface area contributed by atoms with Crippen molar-refractivity contribution in [3.8, 4) is 5.88 Å². The molecule has 1 saturated heterocycles. The van der Waals surface area contributed by atoms with Crippen LogP contribution in [0, 0.1) is 5.92 Å². The Morgan fingerprint density at radius 3 is 2.59 bits per heavy atom. The maximum absolute atomic E-state index is 12.5. The van der Waals surface area contributed by atoms with Crippen molar-refractivity contribution in [2.24, 2.45) is 5.92 Å². The largest absolute Gasteiger partial charge is 0.475 e. The average Bonchev–Trinajstić information content (AvgIpc) is 2.58. The first kappa shape index (κ1) is 26.0. The van der Waals surface area contributed by atoms with Crippen molar-refractivity contribution in [1.29, 1.82) is 0 Å². The molecule has 11 heteroatoms. The molecular formula is C16H23Cl3F3N3O2. The van der Waals surface area contributed by atoms with Crippen molar-refractivity contribution in [2.75, 3.05) is 26.2 Å². The van der Waals surface area contributed by atoms with Crippen molar-refractivity contribution in [1.82, 2.24) is 15.6 Å². The number of piperidine rings is 1. The molecule has 0 spiro atoms. The van der Waals surface area contributed by atoms with Crippen LogP contribution >= 0.6 is 36.4 Å². The van der Waals surface area contributed by atoms with Crippen molar-refractivity contribution >= 4 is 42.3 Å². The summed E-state index contributed by atoms with van der Waals surface area (Å²) in [5, 5.41) is 5.78. The number of amides is 1. The summed E-state index contributed by atoms with van der Waals surface area (Å²) in [5.74, 6) is 0.436. The number of aromatic nitrogens is 1. The zero-order chi connectivity index (χ0) is 18.3. The Kier molecular flexibility index (Phi) is 12.0. The van der Waals surface area contributed by atoms with E-state index in [-0.39, 0.29) is 54.8 Å². The first-order valence-electron chi connectivity index (χ1n) is 8.19. The minimum atomic E-state index is -4.50. The Morgan fingerprint density at radius 2 is 2.00 bits per heavy atom. The van der Waals surface area contributed by atoms with Gasteiger partial charge in [-0.2, -0.15) is 13.2 Å². The van der Waals surface area contributed by atoms with Gasteiger partial charge in [0.25, 0.3) is 0 Å². The van der Waals surface area contributed by atoms with Crippen LogP contribution in [0.5, 0.6) is 5.88 Å². The van der Waals surface area contributed by atoms with Gasteiger partial charge in [0.05, 0.1) is 12.1 Å². The number of nitrogens with one attached hydrogen (secondary N) is 2. The topological polar surface area (TPSA) is 63.2 Å². The molecule has 1 aliphatic heterocycles. The molecule has 0 saturated carbocycles. The van der Waals surface area contributed by atoms with E-state index in [4.69, 9.17) is 16.3 Å². The highest BCUT2D eigenvalue weighted by atomic mass is 35.5. The number of carbonyl (C=O) groups excluding carboxylic acids is 1. The standard InChI is InChI=1S/C16H21ClF3N3O2.2ClH/c17-13-9-12(16(18,19)20)10-23-15(13)25-8-7-22-14(24)2-1-11-3-5-21-6-4-11;;/h9-11,21H,1-8H2,(H,22,24);2*1H.